The normalized spacial score (nSPS) is 19.8. The molecule has 1 saturated carbocycles. The molecule has 1 amide bonds. The molecule has 0 saturated heterocycles. The predicted molar refractivity (Wildman–Crippen MR) is 97.9 cm³/mol. The van der Waals surface area contributed by atoms with Crippen LogP contribution in [0.15, 0.2) is 54.6 Å². The van der Waals surface area contributed by atoms with Crippen molar-refractivity contribution in [2.45, 2.75) is 25.7 Å². The number of carbonyl (C=O) groups excluding carboxylic acids is 1. The quantitative estimate of drug-likeness (QED) is 0.761. The molecule has 0 heterocycles. The average Bonchev–Trinajstić information content (AvgIpc) is 2.64. The number of hydrogen-bond acceptors (Lipinski definition) is 3. The summed E-state index contributed by atoms with van der Waals surface area (Å²) in [5.74, 6) is -2.16. The second kappa shape index (κ2) is 7.83. The van der Waals surface area contributed by atoms with Gasteiger partial charge in [-0.25, -0.2) is 0 Å². The predicted octanol–water partition coefficient (Wildman–Crippen LogP) is 4.26. The zero-order chi connectivity index (χ0) is 17.6. The molecule has 0 aliphatic heterocycles. The van der Waals surface area contributed by atoms with Crippen molar-refractivity contribution in [3.63, 3.8) is 0 Å². The number of carbonyl (C=O) groups is 2. The van der Waals surface area contributed by atoms with Gasteiger partial charge in [0.2, 0.25) is 5.91 Å². The van der Waals surface area contributed by atoms with Crippen molar-refractivity contribution in [1.29, 1.82) is 0 Å². The SMILES string of the molecule is O=C(O)[C@@H]1CCCC[C@H]1C(=O)Nc1ccccc1Nc1ccccc1. The fourth-order valence-electron chi connectivity index (χ4n) is 3.34. The van der Waals surface area contributed by atoms with Crippen LogP contribution in [0.1, 0.15) is 25.7 Å². The molecule has 2 atom stereocenters. The molecule has 1 aliphatic rings. The molecule has 25 heavy (non-hydrogen) atoms. The van der Waals surface area contributed by atoms with Gasteiger partial charge >= 0.3 is 5.97 Å². The Labute approximate surface area is 147 Å². The number of para-hydroxylation sites is 3. The summed E-state index contributed by atoms with van der Waals surface area (Å²) in [6.07, 6.45) is 2.95. The number of nitrogens with one attached hydrogen (secondary N) is 2. The van der Waals surface area contributed by atoms with E-state index in [2.05, 4.69) is 10.6 Å². The lowest BCUT2D eigenvalue weighted by atomic mass is 9.78. The lowest BCUT2D eigenvalue weighted by Crippen LogP contribution is -2.36. The molecular formula is C20H22N2O3. The van der Waals surface area contributed by atoms with Crippen molar-refractivity contribution in [1.82, 2.24) is 0 Å². The topological polar surface area (TPSA) is 78.4 Å². The largest absolute Gasteiger partial charge is 0.481 e. The highest BCUT2D eigenvalue weighted by Crippen LogP contribution is 2.32. The first-order chi connectivity index (χ1) is 12.1. The number of anilines is 3. The summed E-state index contributed by atoms with van der Waals surface area (Å²) in [5, 5.41) is 15.6. The standard InChI is InChI=1S/C20H22N2O3/c23-19(15-10-4-5-11-16(15)20(24)25)22-18-13-7-6-12-17(18)21-14-8-2-1-3-9-14/h1-3,6-9,12-13,15-16,21H,4-5,10-11H2,(H,22,23)(H,24,25)/t15-,16-/m1/s1. The van der Waals surface area contributed by atoms with E-state index in [0.29, 0.717) is 18.5 Å². The fourth-order valence-corrected chi connectivity index (χ4v) is 3.34. The van der Waals surface area contributed by atoms with Crippen LogP contribution in [0.4, 0.5) is 17.1 Å². The van der Waals surface area contributed by atoms with Gasteiger partial charge in [-0.05, 0) is 37.1 Å². The minimum atomic E-state index is -0.879. The smallest absolute Gasteiger partial charge is 0.307 e. The Morgan fingerprint density at radius 1 is 0.840 bits per heavy atom. The molecule has 2 aromatic rings. The number of amides is 1. The molecule has 5 heteroatoms. The van der Waals surface area contributed by atoms with E-state index in [9.17, 15) is 14.7 Å². The van der Waals surface area contributed by atoms with Gasteiger partial charge in [-0.3, -0.25) is 9.59 Å². The number of aliphatic carboxylic acids is 1. The lowest BCUT2D eigenvalue weighted by Gasteiger charge is -2.27. The van der Waals surface area contributed by atoms with E-state index in [0.717, 1.165) is 24.2 Å². The fraction of sp³-hybridized carbons (Fsp3) is 0.300. The Bertz CT molecular complexity index is 746. The van der Waals surface area contributed by atoms with Crippen molar-refractivity contribution in [2.24, 2.45) is 11.8 Å². The van der Waals surface area contributed by atoms with E-state index in [1.165, 1.54) is 0 Å². The Morgan fingerprint density at radius 2 is 1.44 bits per heavy atom. The van der Waals surface area contributed by atoms with Gasteiger partial charge in [0.05, 0.1) is 23.2 Å². The zero-order valence-corrected chi connectivity index (χ0v) is 13.9. The molecular weight excluding hydrogens is 316 g/mol. The molecule has 0 unspecified atom stereocenters. The van der Waals surface area contributed by atoms with Crippen LogP contribution in [0.2, 0.25) is 0 Å². The number of rotatable bonds is 5. The number of carboxylic acid groups (broad SMARTS) is 1. The third-order valence-corrected chi connectivity index (χ3v) is 4.66. The molecule has 130 valence electrons. The Kier molecular flexibility index (Phi) is 5.33. The molecule has 1 aliphatic carbocycles. The van der Waals surface area contributed by atoms with Crippen molar-refractivity contribution in [2.75, 3.05) is 10.6 Å². The van der Waals surface area contributed by atoms with Gasteiger partial charge in [-0.1, -0.05) is 43.2 Å². The second-order valence-electron chi connectivity index (χ2n) is 6.36. The minimum Gasteiger partial charge on any atom is -0.481 e. The van der Waals surface area contributed by atoms with Crippen LogP contribution in [0.5, 0.6) is 0 Å². The van der Waals surface area contributed by atoms with Crippen molar-refractivity contribution < 1.29 is 14.7 Å². The van der Waals surface area contributed by atoms with Crippen molar-refractivity contribution in [3.05, 3.63) is 54.6 Å². The Balaban J connectivity index is 1.76. The summed E-state index contributed by atoms with van der Waals surface area (Å²) in [6.45, 7) is 0. The summed E-state index contributed by atoms with van der Waals surface area (Å²) in [7, 11) is 0. The summed E-state index contributed by atoms with van der Waals surface area (Å²) in [5.41, 5.74) is 2.36. The van der Waals surface area contributed by atoms with Gasteiger partial charge in [0.25, 0.3) is 0 Å². The maximum absolute atomic E-state index is 12.7. The summed E-state index contributed by atoms with van der Waals surface area (Å²) >= 11 is 0. The van der Waals surface area contributed by atoms with Crippen LogP contribution in [0.3, 0.4) is 0 Å². The maximum atomic E-state index is 12.7. The number of carboxylic acids is 1. The van der Waals surface area contributed by atoms with Crippen molar-refractivity contribution in [3.8, 4) is 0 Å². The van der Waals surface area contributed by atoms with Crippen LogP contribution in [0.25, 0.3) is 0 Å². The average molecular weight is 338 g/mol. The molecule has 0 aromatic heterocycles. The molecule has 0 radical (unpaired) electrons. The molecule has 0 bridgehead atoms. The van der Waals surface area contributed by atoms with Gasteiger partial charge < -0.3 is 15.7 Å². The molecule has 3 rings (SSSR count). The molecule has 5 nitrogen and oxygen atoms in total. The minimum absolute atomic E-state index is 0.214. The van der Waals surface area contributed by atoms with E-state index in [1.807, 2.05) is 54.6 Å². The lowest BCUT2D eigenvalue weighted by molar-refractivity contribution is -0.147. The van der Waals surface area contributed by atoms with Gasteiger partial charge in [0, 0.05) is 5.69 Å². The van der Waals surface area contributed by atoms with Crippen LogP contribution in [-0.4, -0.2) is 17.0 Å². The van der Waals surface area contributed by atoms with Gasteiger partial charge in [0.15, 0.2) is 0 Å². The summed E-state index contributed by atoms with van der Waals surface area (Å²) in [4.78, 5) is 24.1. The van der Waals surface area contributed by atoms with Crippen LogP contribution < -0.4 is 10.6 Å². The highest BCUT2D eigenvalue weighted by atomic mass is 16.4. The van der Waals surface area contributed by atoms with E-state index in [1.54, 1.807) is 0 Å². The third kappa shape index (κ3) is 4.18. The summed E-state index contributed by atoms with van der Waals surface area (Å²) in [6, 6.07) is 17.1. The number of hydrogen-bond donors (Lipinski definition) is 3. The highest BCUT2D eigenvalue weighted by molar-refractivity contribution is 5.98. The maximum Gasteiger partial charge on any atom is 0.307 e. The monoisotopic (exact) mass is 338 g/mol. The first kappa shape index (κ1) is 17.0. The van der Waals surface area contributed by atoms with Crippen LogP contribution in [0, 0.1) is 11.8 Å². The number of benzene rings is 2. The first-order valence-corrected chi connectivity index (χ1v) is 8.60. The molecule has 2 aromatic carbocycles. The van der Waals surface area contributed by atoms with Crippen LogP contribution >= 0.6 is 0 Å². The van der Waals surface area contributed by atoms with E-state index >= 15 is 0 Å². The van der Waals surface area contributed by atoms with Gasteiger partial charge in [-0.2, -0.15) is 0 Å². The second-order valence-corrected chi connectivity index (χ2v) is 6.36. The highest BCUT2D eigenvalue weighted by Gasteiger charge is 2.35. The first-order valence-electron chi connectivity index (χ1n) is 8.60. The summed E-state index contributed by atoms with van der Waals surface area (Å²) < 4.78 is 0. The van der Waals surface area contributed by atoms with E-state index in [4.69, 9.17) is 0 Å². The van der Waals surface area contributed by atoms with Crippen molar-refractivity contribution >= 4 is 28.9 Å². The zero-order valence-electron chi connectivity index (χ0n) is 13.9. The molecule has 1 fully saturated rings. The molecule has 0 spiro atoms. The third-order valence-electron chi connectivity index (χ3n) is 4.66. The Hall–Kier alpha value is -2.82. The van der Waals surface area contributed by atoms with Gasteiger partial charge in [-0.15, -0.1) is 0 Å². The van der Waals surface area contributed by atoms with E-state index < -0.39 is 17.8 Å². The molecule has 3 N–H and O–H groups in total. The van der Waals surface area contributed by atoms with Crippen LogP contribution in [-0.2, 0) is 9.59 Å². The Morgan fingerprint density at radius 3 is 2.12 bits per heavy atom. The van der Waals surface area contributed by atoms with E-state index in [-0.39, 0.29) is 5.91 Å². The van der Waals surface area contributed by atoms with Gasteiger partial charge in [0.1, 0.15) is 0 Å².